The molecule has 1 aliphatic carbocycles. The van der Waals surface area contributed by atoms with Crippen molar-refractivity contribution in [2.75, 3.05) is 0 Å². The van der Waals surface area contributed by atoms with E-state index in [1.54, 1.807) is 0 Å². The Morgan fingerprint density at radius 2 is 1.81 bits per heavy atom. The van der Waals surface area contributed by atoms with Crippen molar-refractivity contribution in [1.82, 2.24) is 0 Å². The molecular formula is C14H15OP. The van der Waals surface area contributed by atoms with Crippen LogP contribution in [-0.4, -0.2) is 5.29 Å². The molecule has 0 bridgehead atoms. The molecule has 2 rings (SSSR count). The first-order valence-electron chi connectivity index (χ1n) is 5.42. The zero-order chi connectivity index (χ0) is 11.5. The van der Waals surface area contributed by atoms with Crippen LogP contribution in [0.2, 0.25) is 0 Å². The topological polar surface area (TPSA) is 23.1 Å². The summed E-state index contributed by atoms with van der Waals surface area (Å²) in [5.74, 6) is 0. The van der Waals surface area contributed by atoms with E-state index in [1.807, 2.05) is 50.3 Å². The Bertz CT molecular complexity index is 475. The fourth-order valence-electron chi connectivity index (χ4n) is 1.92. The zero-order valence-electron chi connectivity index (χ0n) is 9.60. The van der Waals surface area contributed by atoms with E-state index in [-0.39, 0.29) is 0 Å². The van der Waals surface area contributed by atoms with E-state index in [9.17, 15) is 4.89 Å². The summed E-state index contributed by atoms with van der Waals surface area (Å²) >= 11 is 0. The number of hydrogen-bond acceptors (Lipinski definition) is 1. The van der Waals surface area contributed by atoms with Crippen molar-refractivity contribution in [3.8, 4) is 0 Å². The van der Waals surface area contributed by atoms with Crippen LogP contribution in [0.4, 0.5) is 0 Å². The second-order valence-electron chi connectivity index (χ2n) is 4.02. The summed E-state index contributed by atoms with van der Waals surface area (Å²) in [6.45, 7) is 4.05. The van der Waals surface area contributed by atoms with Gasteiger partial charge in [-0.25, -0.2) is 0 Å². The monoisotopic (exact) mass is 230 g/mol. The maximum atomic E-state index is 12.5. The molecule has 0 fully saturated rings. The molecule has 0 amide bonds. The summed E-state index contributed by atoms with van der Waals surface area (Å²) in [5, 5.41) is 2.03. The number of allylic oxidation sites excluding steroid dienone is 4. The maximum absolute atomic E-state index is 12.5. The molecule has 1 aromatic rings. The first-order valence-corrected chi connectivity index (χ1v) is 6.68. The number of rotatable bonds is 1. The van der Waals surface area contributed by atoms with Gasteiger partial charge in [-0.1, -0.05) is 36.4 Å². The minimum Gasteiger partial charge on any atom is -0.626 e. The quantitative estimate of drug-likeness (QED) is 0.679. The normalized spacial score (nSPS) is 17.7. The predicted octanol–water partition coefficient (Wildman–Crippen LogP) is 2.37. The lowest BCUT2D eigenvalue weighted by Gasteiger charge is -2.09. The highest BCUT2D eigenvalue weighted by atomic mass is 31.1. The number of benzene rings is 1. The zero-order valence-corrected chi connectivity index (χ0v) is 10.5. The van der Waals surface area contributed by atoms with E-state index in [1.165, 1.54) is 0 Å². The molecule has 0 aromatic heterocycles. The Balaban J connectivity index is 2.52. The van der Waals surface area contributed by atoms with Crippen LogP contribution in [0.5, 0.6) is 0 Å². The summed E-state index contributed by atoms with van der Waals surface area (Å²) in [6, 6.07) is 6.07. The molecule has 0 heterocycles. The third-order valence-corrected chi connectivity index (χ3v) is 4.73. The van der Waals surface area contributed by atoms with E-state index in [0.717, 1.165) is 28.1 Å². The van der Waals surface area contributed by atoms with E-state index < -0.39 is 7.77 Å². The van der Waals surface area contributed by atoms with E-state index >= 15 is 0 Å². The molecule has 1 atom stereocenters. The van der Waals surface area contributed by atoms with Gasteiger partial charge in [-0.2, -0.15) is 0 Å². The molecule has 2 heteroatoms. The van der Waals surface area contributed by atoms with Crippen LogP contribution in [0.3, 0.4) is 0 Å². The Kier molecular flexibility index (Phi) is 3.38. The standard InChI is InChI=1S/C14H15OP/c1-11-7-6-8-12(2)14(11)16(15)13-9-4-3-5-10-13/h3-9H,10H2,1-2H3. The van der Waals surface area contributed by atoms with Crippen LogP contribution in [0, 0.1) is 13.8 Å². The first kappa shape index (κ1) is 11.3. The molecule has 0 aliphatic heterocycles. The van der Waals surface area contributed by atoms with Crippen LogP contribution < -0.4 is 10.2 Å². The molecule has 0 saturated carbocycles. The van der Waals surface area contributed by atoms with Gasteiger partial charge >= 0.3 is 0 Å². The van der Waals surface area contributed by atoms with Gasteiger partial charge in [-0.05, 0) is 31.1 Å². The Morgan fingerprint density at radius 3 is 2.38 bits per heavy atom. The van der Waals surface area contributed by atoms with E-state index in [2.05, 4.69) is 6.08 Å². The molecule has 82 valence electrons. The van der Waals surface area contributed by atoms with Gasteiger partial charge in [0, 0.05) is 6.42 Å². The molecule has 1 aliphatic rings. The smallest absolute Gasteiger partial charge is 0.150 e. The highest BCUT2D eigenvalue weighted by molar-refractivity contribution is 7.60. The van der Waals surface area contributed by atoms with Crippen molar-refractivity contribution in [2.24, 2.45) is 0 Å². The van der Waals surface area contributed by atoms with Crippen molar-refractivity contribution >= 4 is 18.4 Å². The van der Waals surface area contributed by atoms with Crippen molar-refractivity contribution in [2.45, 2.75) is 20.3 Å². The van der Waals surface area contributed by atoms with Crippen LogP contribution in [0.15, 0.2) is 42.5 Å². The van der Waals surface area contributed by atoms with Gasteiger partial charge in [0.15, 0.2) is 5.30 Å². The largest absolute Gasteiger partial charge is 0.626 e. The van der Waals surface area contributed by atoms with E-state index in [4.69, 9.17) is 0 Å². The first-order chi connectivity index (χ1) is 7.70. The molecule has 1 unspecified atom stereocenters. The summed E-state index contributed by atoms with van der Waals surface area (Å²) in [4.78, 5) is 12.5. The van der Waals surface area contributed by atoms with Gasteiger partial charge in [0.25, 0.3) is 0 Å². The maximum Gasteiger partial charge on any atom is 0.150 e. The van der Waals surface area contributed by atoms with Crippen LogP contribution in [0.1, 0.15) is 17.5 Å². The second-order valence-corrected chi connectivity index (χ2v) is 5.63. The summed E-state index contributed by atoms with van der Waals surface area (Å²) in [6.07, 6.45) is 8.79. The predicted molar refractivity (Wildman–Crippen MR) is 70.4 cm³/mol. The van der Waals surface area contributed by atoms with Gasteiger partial charge in [-0.15, -0.1) is 0 Å². The average molecular weight is 230 g/mol. The minimum absolute atomic E-state index is 0.805. The summed E-state index contributed by atoms with van der Waals surface area (Å²) < 4.78 is 0. The molecule has 0 N–H and O–H groups in total. The highest BCUT2D eigenvalue weighted by Crippen LogP contribution is 2.22. The van der Waals surface area contributed by atoms with Gasteiger partial charge in [0.1, 0.15) is 5.29 Å². The van der Waals surface area contributed by atoms with Crippen molar-refractivity contribution in [1.29, 1.82) is 0 Å². The Hall–Kier alpha value is -1.17. The summed E-state index contributed by atoms with van der Waals surface area (Å²) in [7, 11) is -1.41. The molecule has 0 saturated heterocycles. The van der Waals surface area contributed by atoms with Crippen molar-refractivity contribution < 1.29 is 4.89 Å². The number of aryl methyl sites for hydroxylation is 2. The molecule has 1 aromatic carbocycles. The van der Waals surface area contributed by atoms with Crippen LogP contribution in [0.25, 0.3) is 0 Å². The van der Waals surface area contributed by atoms with Crippen LogP contribution >= 0.6 is 7.77 Å². The van der Waals surface area contributed by atoms with Gasteiger partial charge < -0.3 is 4.89 Å². The fourth-order valence-corrected chi connectivity index (χ4v) is 3.49. The second kappa shape index (κ2) is 4.78. The average Bonchev–Trinajstić information content (AvgIpc) is 2.30. The third-order valence-electron chi connectivity index (χ3n) is 2.77. The lowest BCUT2D eigenvalue weighted by molar-refractivity contribution is -0.149. The van der Waals surface area contributed by atoms with Crippen molar-refractivity contribution in [3.05, 3.63) is 53.6 Å². The van der Waals surface area contributed by atoms with E-state index in [0.29, 0.717) is 0 Å². The van der Waals surface area contributed by atoms with Gasteiger partial charge in [0.05, 0.1) is 7.77 Å². The van der Waals surface area contributed by atoms with Gasteiger partial charge in [-0.3, -0.25) is 0 Å². The third kappa shape index (κ3) is 2.16. The molecule has 0 radical (unpaired) electrons. The Morgan fingerprint density at radius 1 is 1.12 bits per heavy atom. The molecular weight excluding hydrogens is 215 g/mol. The highest BCUT2D eigenvalue weighted by Gasteiger charge is 2.15. The Labute approximate surface area is 97.6 Å². The SMILES string of the molecule is Cc1cccc(C)c1[P+]([O-])=C1C=CC=CC1. The molecule has 0 spiro atoms. The van der Waals surface area contributed by atoms with Crippen LogP contribution in [-0.2, 0) is 0 Å². The van der Waals surface area contributed by atoms with Crippen molar-refractivity contribution in [3.63, 3.8) is 0 Å². The molecule has 16 heavy (non-hydrogen) atoms. The lowest BCUT2D eigenvalue weighted by atomic mass is 10.2. The summed E-state index contributed by atoms with van der Waals surface area (Å²) in [5.41, 5.74) is 2.24. The molecule has 1 nitrogen and oxygen atoms in total. The van der Waals surface area contributed by atoms with Gasteiger partial charge in [0.2, 0.25) is 0 Å². The fraction of sp³-hybridized carbons (Fsp3) is 0.214. The minimum atomic E-state index is -1.41. The lowest BCUT2D eigenvalue weighted by Crippen LogP contribution is -2.16. The number of hydrogen-bond donors (Lipinski definition) is 0.